The molecule has 1 heterocycles. The number of esters is 2. The molecular formula is C21H25NO8S. The first-order valence-electron chi connectivity index (χ1n) is 9.31. The summed E-state index contributed by atoms with van der Waals surface area (Å²) >= 11 is 1.25. The zero-order chi connectivity index (χ0) is 23.1. The number of anilines is 1. The quantitative estimate of drug-likeness (QED) is 0.578. The third kappa shape index (κ3) is 5.46. The van der Waals surface area contributed by atoms with E-state index in [2.05, 4.69) is 5.32 Å². The number of amides is 1. The second-order valence-corrected chi connectivity index (χ2v) is 7.47. The van der Waals surface area contributed by atoms with Crippen molar-refractivity contribution in [2.75, 3.05) is 39.9 Å². The number of hydrogen-bond donors (Lipinski definition) is 1. The Morgan fingerprint density at radius 1 is 0.935 bits per heavy atom. The highest BCUT2D eigenvalue weighted by Crippen LogP contribution is 2.38. The summed E-state index contributed by atoms with van der Waals surface area (Å²) in [4.78, 5) is 37.9. The summed E-state index contributed by atoms with van der Waals surface area (Å²) in [5.74, 6) is -0.974. The van der Waals surface area contributed by atoms with Crippen LogP contribution in [0.4, 0.5) is 5.00 Å². The average Bonchev–Trinajstić information content (AvgIpc) is 3.03. The lowest BCUT2D eigenvalue weighted by atomic mass is 10.1. The van der Waals surface area contributed by atoms with Gasteiger partial charge < -0.3 is 29.0 Å². The monoisotopic (exact) mass is 451 g/mol. The van der Waals surface area contributed by atoms with Gasteiger partial charge in [-0.05, 0) is 38.5 Å². The molecule has 0 saturated carbocycles. The SMILES string of the molecule is CCOC(=O)c1c(NC(=O)COC(=O)c2cc(OC)c(OC)c(OC)c2)sc(C)c1C. The zero-order valence-electron chi connectivity index (χ0n) is 18.2. The topological polar surface area (TPSA) is 109 Å². The Balaban J connectivity index is 2.11. The number of hydrogen-bond acceptors (Lipinski definition) is 9. The van der Waals surface area contributed by atoms with Crippen molar-refractivity contribution in [2.24, 2.45) is 0 Å². The molecule has 1 amide bonds. The van der Waals surface area contributed by atoms with Crippen LogP contribution in [0.15, 0.2) is 12.1 Å². The van der Waals surface area contributed by atoms with Gasteiger partial charge in [-0.2, -0.15) is 0 Å². The highest BCUT2D eigenvalue weighted by molar-refractivity contribution is 7.16. The molecule has 0 saturated heterocycles. The number of benzene rings is 1. The molecule has 1 aromatic carbocycles. The molecule has 2 aromatic rings. The standard InChI is InChI=1S/C21H25NO8S/c1-7-29-21(25)17-11(2)12(3)31-19(17)22-16(23)10-30-20(24)13-8-14(26-4)18(28-6)15(9-13)27-5/h8-9H,7,10H2,1-6H3,(H,22,23). The molecule has 0 spiro atoms. The van der Waals surface area contributed by atoms with Gasteiger partial charge in [0.25, 0.3) is 5.91 Å². The van der Waals surface area contributed by atoms with Gasteiger partial charge >= 0.3 is 11.9 Å². The van der Waals surface area contributed by atoms with E-state index in [-0.39, 0.29) is 23.7 Å². The first-order chi connectivity index (χ1) is 14.8. The Morgan fingerprint density at radius 3 is 2.06 bits per heavy atom. The Kier molecular flexibility index (Phi) is 8.26. The predicted octanol–water partition coefficient (Wildman–Crippen LogP) is 3.36. The van der Waals surface area contributed by atoms with Crippen LogP contribution in [0.1, 0.15) is 38.1 Å². The minimum Gasteiger partial charge on any atom is -0.493 e. The van der Waals surface area contributed by atoms with Gasteiger partial charge in [0, 0.05) is 4.88 Å². The van der Waals surface area contributed by atoms with Crippen molar-refractivity contribution in [1.82, 2.24) is 0 Å². The van der Waals surface area contributed by atoms with Gasteiger partial charge in [-0.25, -0.2) is 9.59 Å². The molecule has 0 aliphatic rings. The molecular weight excluding hydrogens is 426 g/mol. The van der Waals surface area contributed by atoms with Crippen molar-refractivity contribution in [3.8, 4) is 17.2 Å². The van der Waals surface area contributed by atoms with E-state index in [0.29, 0.717) is 16.3 Å². The number of nitrogens with one attached hydrogen (secondary N) is 1. The van der Waals surface area contributed by atoms with Crippen LogP contribution in [0, 0.1) is 13.8 Å². The smallest absolute Gasteiger partial charge is 0.341 e. The Morgan fingerprint density at radius 2 is 1.55 bits per heavy atom. The van der Waals surface area contributed by atoms with E-state index < -0.39 is 24.5 Å². The Hall–Kier alpha value is -3.27. The Bertz CT molecular complexity index is 957. The zero-order valence-corrected chi connectivity index (χ0v) is 19.1. The number of thiophene rings is 1. The van der Waals surface area contributed by atoms with Crippen molar-refractivity contribution in [1.29, 1.82) is 0 Å². The molecule has 0 radical (unpaired) electrons. The fourth-order valence-corrected chi connectivity index (χ4v) is 3.80. The van der Waals surface area contributed by atoms with Crippen LogP contribution in [0.5, 0.6) is 17.2 Å². The fraction of sp³-hybridized carbons (Fsp3) is 0.381. The van der Waals surface area contributed by atoms with E-state index in [1.807, 2.05) is 6.92 Å². The molecule has 10 heteroatoms. The van der Waals surface area contributed by atoms with Gasteiger partial charge in [-0.15, -0.1) is 11.3 Å². The van der Waals surface area contributed by atoms with Crippen molar-refractivity contribution in [3.05, 3.63) is 33.7 Å². The van der Waals surface area contributed by atoms with Crippen molar-refractivity contribution in [2.45, 2.75) is 20.8 Å². The first kappa shape index (κ1) is 24.0. The van der Waals surface area contributed by atoms with E-state index in [9.17, 15) is 14.4 Å². The first-order valence-corrected chi connectivity index (χ1v) is 10.1. The minimum atomic E-state index is -0.751. The molecule has 0 unspecified atom stereocenters. The molecule has 0 aliphatic carbocycles. The van der Waals surface area contributed by atoms with Gasteiger partial charge in [-0.3, -0.25) is 4.79 Å². The van der Waals surface area contributed by atoms with Crippen molar-refractivity contribution < 1.29 is 38.1 Å². The van der Waals surface area contributed by atoms with Crippen LogP contribution in [0.25, 0.3) is 0 Å². The number of carbonyl (C=O) groups excluding carboxylic acids is 3. The lowest BCUT2D eigenvalue weighted by Crippen LogP contribution is -2.22. The summed E-state index contributed by atoms with van der Waals surface area (Å²) in [7, 11) is 4.29. The third-order valence-electron chi connectivity index (χ3n) is 4.35. The maximum absolute atomic E-state index is 12.4. The van der Waals surface area contributed by atoms with Gasteiger partial charge in [-0.1, -0.05) is 0 Å². The van der Waals surface area contributed by atoms with Gasteiger partial charge in [0.2, 0.25) is 5.75 Å². The number of methoxy groups -OCH3 is 3. The molecule has 2 rings (SSSR count). The largest absolute Gasteiger partial charge is 0.493 e. The Labute approximate surface area is 184 Å². The van der Waals surface area contributed by atoms with E-state index in [1.165, 1.54) is 44.8 Å². The molecule has 0 bridgehead atoms. The molecule has 9 nitrogen and oxygen atoms in total. The maximum atomic E-state index is 12.4. The number of carbonyl (C=O) groups is 3. The van der Waals surface area contributed by atoms with Crippen molar-refractivity contribution in [3.63, 3.8) is 0 Å². The lowest BCUT2D eigenvalue weighted by molar-refractivity contribution is -0.119. The van der Waals surface area contributed by atoms with Crippen LogP contribution in [0.3, 0.4) is 0 Å². The van der Waals surface area contributed by atoms with E-state index in [1.54, 1.807) is 13.8 Å². The van der Waals surface area contributed by atoms with Crippen LogP contribution >= 0.6 is 11.3 Å². The summed E-state index contributed by atoms with van der Waals surface area (Å²) < 4.78 is 25.8. The summed E-state index contributed by atoms with van der Waals surface area (Å²) in [6.45, 7) is 4.98. The van der Waals surface area contributed by atoms with Gasteiger partial charge in [0.15, 0.2) is 18.1 Å². The van der Waals surface area contributed by atoms with E-state index in [0.717, 1.165) is 10.4 Å². The highest BCUT2D eigenvalue weighted by Gasteiger charge is 2.23. The number of ether oxygens (including phenoxy) is 5. The summed E-state index contributed by atoms with van der Waals surface area (Å²) in [5.41, 5.74) is 1.15. The fourth-order valence-electron chi connectivity index (χ4n) is 2.74. The van der Waals surface area contributed by atoms with Crippen molar-refractivity contribution >= 4 is 34.2 Å². The number of rotatable bonds is 9. The highest BCUT2D eigenvalue weighted by atomic mass is 32.1. The molecule has 1 N–H and O–H groups in total. The number of aryl methyl sites for hydroxylation is 1. The second-order valence-electron chi connectivity index (χ2n) is 6.25. The van der Waals surface area contributed by atoms with Crippen LogP contribution in [0.2, 0.25) is 0 Å². The van der Waals surface area contributed by atoms with E-state index in [4.69, 9.17) is 23.7 Å². The molecule has 1 aromatic heterocycles. The van der Waals surface area contributed by atoms with Crippen LogP contribution in [-0.4, -0.2) is 52.4 Å². The maximum Gasteiger partial charge on any atom is 0.341 e. The normalized spacial score (nSPS) is 10.3. The van der Waals surface area contributed by atoms with Crippen LogP contribution in [-0.2, 0) is 14.3 Å². The molecule has 0 aliphatic heterocycles. The third-order valence-corrected chi connectivity index (χ3v) is 5.48. The molecule has 168 valence electrons. The van der Waals surface area contributed by atoms with Gasteiger partial charge in [0.05, 0.1) is 39.1 Å². The average molecular weight is 451 g/mol. The molecule has 0 atom stereocenters. The van der Waals surface area contributed by atoms with Gasteiger partial charge in [0.1, 0.15) is 5.00 Å². The predicted molar refractivity (Wildman–Crippen MR) is 115 cm³/mol. The van der Waals surface area contributed by atoms with E-state index >= 15 is 0 Å². The molecule has 0 fully saturated rings. The summed E-state index contributed by atoms with van der Waals surface area (Å²) in [5, 5.41) is 2.96. The summed E-state index contributed by atoms with van der Waals surface area (Å²) in [6.07, 6.45) is 0. The second kappa shape index (κ2) is 10.7. The summed E-state index contributed by atoms with van der Waals surface area (Å²) in [6, 6.07) is 2.85. The minimum absolute atomic E-state index is 0.123. The van der Waals surface area contributed by atoms with Crippen LogP contribution < -0.4 is 19.5 Å². The molecule has 31 heavy (non-hydrogen) atoms. The lowest BCUT2D eigenvalue weighted by Gasteiger charge is -2.13.